The molecule has 0 spiro atoms. The average molecular weight is 269 g/mol. The molecule has 0 bridgehead atoms. The van der Waals surface area contributed by atoms with Gasteiger partial charge in [-0.1, -0.05) is 6.07 Å². The van der Waals surface area contributed by atoms with Gasteiger partial charge >= 0.3 is 0 Å². The third-order valence-electron chi connectivity index (χ3n) is 3.21. The average Bonchev–Trinajstić information content (AvgIpc) is 2.93. The Morgan fingerprint density at radius 1 is 1.78 bits per heavy atom. The van der Waals surface area contributed by atoms with Gasteiger partial charge in [0, 0.05) is 25.0 Å². The van der Waals surface area contributed by atoms with Crippen molar-refractivity contribution in [1.82, 2.24) is 10.2 Å². The first-order valence-electron chi connectivity index (χ1n) is 6.06. The normalized spacial score (nSPS) is 22.7. The molecule has 3 N–H and O–H groups in total. The lowest BCUT2D eigenvalue weighted by atomic mass is 10.1. The first kappa shape index (κ1) is 13.5. The zero-order chi connectivity index (χ0) is 13.0. The quantitative estimate of drug-likeness (QED) is 0.819. The standard InChI is InChI=1S/C12H19N3O2S/c1-14-12(16)10-8-17-5-4-15(10)9(7-13)11-3-2-6-18-11/h2-3,6,9-10H,4-5,7-8,13H2,1H3,(H,14,16). The van der Waals surface area contributed by atoms with Crippen molar-refractivity contribution in [2.24, 2.45) is 5.73 Å². The van der Waals surface area contributed by atoms with Crippen LogP contribution in [0.3, 0.4) is 0 Å². The molecular weight excluding hydrogens is 250 g/mol. The molecule has 1 fully saturated rings. The molecule has 1 aliphatic rings. The first-order valence-corrected chi connectivity index (χ1v) is 6.94. The van der Waals surface area contributed by atoms with Crippen LogP contribution in [0.5, 0.6) is 0 Å². The molecule has 5 nitrogen and oxygen atoms in total. The molecule has 18 heavy (non-hydrogen) atoms. The molecule has 2 atom stereocenters. The maximum absolute atomic E-state index is 11.9. The van der Waals surface area contributed by atoms with Gasteiger partial charge in [0.1, 0.15) is 6.04 Å². The summed E-state index contributed by atoms with van der Waals surface area (Å²) in [4.78, 5) is 15.2. The van der Waals surface area contributed by atoms with Crippen LogP contribution in [0.25, 0.3) is 0 Å². The lowest BCUT2D eigenvalue weighted by molar-refractivity contribution is -0.134. The number of ether oxygens (including phenoxy) is 1. The summed E-state index contributed by atoms with van der Waals surface area (Å²) >= 11 is 1.68. The maximum Gasteiger partial charge on any atom is 0.239 e. The molecule has 1 aliphatic heterocycles. The molecule has 2 unspecified atom stereocenters. The van der Waals surface area contributed by atoms with Crippen molar-refractivity contribution in [3.8, 4) is 0 Å². The monoisotopic (exact) mass is 269 g/mol. The fourth-order valence-electron chi connectivity index (χ4n) is 2.28. The molecule has 0 saturated carbocycles. The minimum atomic E-state index is -0.251. The second-order valence-corrected chi connectivity index (χ2v) is 5.19. The maximum atomic E-state index is 11.9. The number of carbonyl (C=O) groups excluding carboxylic acids is 1. The Morgan fingerprint density at radius 2 is 2.61 bits per heavy atom. The molecule has 1 aromatic heterocycles. The van der Waals surface area contributed by atoms with E-state index in [2.05, 4.69) is 16.3 Å². The number of nitrogens with two attached hydrogens (primary N) is 1. The van der Waals surface area contributed by atoms with E-state index in [0.29, 0.717) is 19.8 Å². The highest BCUT2D eigenvalue weighted by Gasteiger charge is 2.34. The highest BCUT2D eigenvalue weighted by molar-refractivity contribution is 7.10. The molecule has 2 rings (SSSR count). The molecule has 6 heteroatoms. The number of hydrogen-bond donors (Lipinski definition) is 2. The minimum Gasteiger partial charge on any atom is -0.378 e. The molecule has 100 valence electrons. The summed E-state index contributed by atoms with van der Waals surface area (Å²) in [6, 6.07) is 3.92. The molecule has 1 amide bonds. The van der Waals surface area contributed by atoms with Gasteiger partial charge < -0.3 is 15.8 Å². The minimum absolute atomic E-state index is 0.00953. The molecule has 1 saturated heterocycles. The predicted molar refractivity (Wildman–Crippen MR) is 71.5 cm³/mol. The van der Waals surface area contributed by atoms with Crippen LogP contribution in [-0.2, 0) is 9.53 Å². The third-order valence-corrected chi connectivity index (χ3v) is 4.19. The third kappa shape index (κ3) is 2.72. The SMILES string of the molecule is CNC(=O)C1COCCN1C(CN)c1cccs1. The molecule has 0 aromatic carbocycles. The van der Waals surface area contributed by atoms with Crippen molar-refractivity contribution < 1.29 is 9.53 Å². The van der Waals surface area contributed by atoms with Gasteiger partial charge in [-0.15, -0.1) is 11.3 Å². The summed E-state index contributed by atoms with van der Waals surface area (Å²) in [6.45, 7) is 2.32. The van der Waals surface area contributed by atoms with Gasteiger partial charge in [0.05, 0.1) is 19.3 Å². The van der Waals surface area contributed by atoms with E-state index in [0.717, 1.165) is 6.54 Å². The molecule has 0 radical (unpaired) electrons. The van der Waals surface area contributed by atoms with Gasteiger partial charge in [-0.2, -0.15) is 0 Å². The highest BCUT2D eigenvalue weighted by Crippen LogP contribution is 2.27. The summed E-state index contributed by atoms with van der Waals surface area (Å²) in [7, 11) is 1.65. The number of thiophene rings is 1. The van der Waals surface area contributed by atoms with Crippen LogP contribution in [0.1, 0.15) is 10.9 Å². The fourth-order valence-corrected chi connectivity index (χ4v) is 3.14. The number of morpholine rings is 1. The summed E-state index contributed by atoms with van der Waals surface area (Å²) < 4.78 is 5.41. The van der Waals surface area contributed by atoms with Crippen LogP contribution in [0, 0.1) is 0 Å². The Bertz CT molecular complexity index is 383. The van der Waals surface area contributed by atoms with Gasteiger partial charge in [-0.25, -0.2) is 0 Å². The Kier molecular flexibility index (Phi) is 4.71. The fraction of sp³-hybridized carbons (Fsp3) is 0.583. The summed E-state index contributed by atoms with van der Waals surface area (Å²) in [6.07, 6.45) is 0. The van der Waals surface area contributed by atoms with E-state index in [4.69, 9.17) is 10.5 Å². The van der Waals surface area contributed by atoms with Crippen LogP contribution < -0.4 is 11.1 Å². The van der Waals surface area contributed by atoms with Crippen LogP contribution in [0.2, 0.25) is 0 Å². The molecule has 1 aromatic rings. The zero-order valence-corrected chi connectivity index (χ0v) is 11.3. The first-order chi connectivity index (χ1) is 8.77. The van der Waals surface area contributed by atoms with Crippen molar-refractivity contribution >= 4 is 17.2 Å². The van der Waals surface area contributed by atoms with E-state index in [9.17, 15) is 4.79 Å². The van der Waals surface area contributed by atoms with Gasteiger partial charge in [-0.05, 0) is 11.4 Å². The van der Waals surface area contributed by atoms with Crippen molar-refractivity contribution in [3.63, 3.8) is 0 Å². The number of likely N-dealkylation sites (N-methyl/N-ethyl adjacent to an activating group) is 1. The van der Waals surface area contributed by atoms with E-state index in [1.165, 1.54) is 4.88 Å². The van der Waals surface area contributed by atoms with Gasteiger partial charge in [0.25, 0.3) is 0 Å². The number of carbonyl (C=O) groups is 1. The Morgan fingerprint density at radius 3 is 3.22 bits per heavy atom. The molecule has 0 aliphatic carbocycles. The van der Waals surface area contributed by atoms with Crippen LogP contribution in [0.4, 0.5) is 0 Å². The van der Waals surface area contributed by atoms with E-state index >= 15 is 0 Å². The number of hydrogen-bond acceptors (Lipinski definition) is 5. The number of rotatable bonds is 4. The van der Waals surface area contributed by atoms with Gasteiger partial charge in [0.2, 0.25) is 5.91 Å². The number of nitrogens with zero attached hydrogens (tertiary/aromatic N) is 1. The van der Waals surface area contributed by atoms with Crippen LogP contribution >= 0.6 is 11.3 Å². The predicted octanol–water partition coefficient (Wildman–Crippen LogP) is 0.195. The lowest BCUT2D eigenvalue weighted by Crippen LogP contribution is -2.55. The van der Waals surface area contributed by atoms with E-state index in [-0.39, 0.29) is 18.0 Å². The summed E-state index contributed by atoms with van der Waals surface area (Å²) in [5, 5.41) is 4.73. The van der Waals surface area contributed by atoms with E-state index in [1.807, 2.05) is 11.4 Å². The lowest BCUT2D eigenvalue weighted by Gasteiger charge is -2.39. The van der Waals surface area contributed by atoms with E-state index < -0.39 is 0 Å². The molecule has 2 heterocycles. The topological polar surface area (TPSA) is 67.6 Å². The smallest absolute Gasteiger partial charge is 0.239 e. The van der Waals surface area contributed by atoms with Crippen molar-refractivity contribution in [1.29, 1.82) is 0 Å². The van der Waals surface area contributed by atoms with Crippen LogP contribution in [-0.4, -0.2) is 50.2 Å². The second-order valence-electron chi connectivity index (χ2n) is 4.21. The van der Waals surface area contributed by atoms with E-state index in [1.54, 1.807) is 18.4 Å². The Labute approximate surface area is 111 Å². The zero-order valence-electron chi connectivity index (χ0n) is 10.5. The van der Waals surface area contributed by atoms with Gasteiger partial charge in [0.15, 0.2) is 0 Å². The second kappa shape index (κ2) is 6.29. The molecular formula is C12H19N3O2S. The van der Waals surface area contributed by atoms with Gasteiger partial charge in [-0.3, -0.25) is 9.69 Å². The van der Waals surface area contributed by atoms with Crippen molar-refractivity contribution in [2.75, 3.05) is 33.4 Å². The number of nitrogens with one attached hydrogen (secondary N) is 1. The van der Waals surface area contributed by atoms with Crippen molar-refractivity contribution in [3.05, 3.63) is 22.4 Å². The largest absolute Gasteiger partial charge is 0.378 e. The van der Waals surface area contributed by atoms with Crippen LogP contribution in [0.15, 0.2) is 17.5 Å². The Hall–Kier alpha value is -0.950. The van der Waals surface area contributed by atoms with Crippen molar-refractivity contribution in [2.45, 2.75) is 12.1 Å². The highest BCUT2D eigenvalue weighted by atomic mass is 32.1. The Balaban J connectivity index is 2.19. The number of amides is 1. The summed E-state index contributed by atoms with van der Waals surface area (Å²) in [5.74, 6) is -0.00953. The summed E-state index contributed by atoms with van der Waals surface area (Å²) in [5.41, 5.74) is 5.89.